The van der Waals surface area contributed by atoms with Crippen LogP contribution in [-0.2, 0) is 9.53 Å². The summed E-state index contributed by atoms with van der Waals surface area (Å²) in [7, 11) is 0. The second-order valence-electron chi connectivity index (χ2n) is 2.98. The highest BCUT2D eigenvalue weighted by Gasteiger charge is 2.22. The second-order valence-corrected chi connectivity index (χ2v) is 2.98. The molecule has 0 amide bonds. The van der Waals surface area contributed by atoms with Crippen LogP contribution in [0, 0.1) is 5.41 Å². The molecule has 1 unspecified atom stereocenters. The highest BCUT2D eigenvalue weighted by Crippen LogP contribution is 2.11. The van der Waals surface area contributed by atoms with Crippen LogP contribution in [-0.4, -0.2) is 31.2 Å². The van der Waals surface area contributed by atoms with Crippen molar-refractivity contribution in [2.24, 2.45) is 5.41 Å². The number of aliphatic hydroxyl groups excluding tert-OH is 1. The van der Waals surface area contributed by atoms with Gasteiger partial charge in [0.1, 0.15) is 6.29 Å². The minimum absolute atomic E-state index is 0.153. The van der Waals surface area contributed by atoms with Crippen molar-refractivity contribution in [2.75, 3.05) is 19.8 Å². The summed E-state index contributed by atoms with van der Waals surface area (Å²) < 4.78 is 5.14. The Balaban J connectivity index is 3.60. The number of carbonyl (C=O) groups excluding carboxylic acids is 1. The zero-order chi connectivity index (χ0) is 8.74. The molecule has 0 saturated heterocycles. The summed E-state index contributed by atoms with van der Waals surface area (Å²) in [6.45, 7) is 4.47. The molecule has 0 aliphatic rings. The summed E-state index contributed by atoms with van der Waals surface area (Å²) in [6, 6.07) is 0. The molecule has 0 aromatic carbocycles. The molecule has 0 spiro atoms. The molecule has 0 radical (unpaired) electrons. The largest absolute Gasteiger partial charge is 0.395 e. The Morgan fingerprint density at radius 2 is 2.27 bits per heavy atom. The van der Waals surface area contributed by atoms with E-state index in [0.717, 1.165) is 12.7 Å². The molecule has 0 bridgehead atoms. The van der Waals surface area contributed by atoms with Gasteiger partial charge in [0.15, 0.2) is 0 Å². The smallest absolute Gasteiger partial charge is 0.130 e. The lowest BCUT2D eigenvalue weighted by Crippen LogP contribution is -2.29. The monoisotopic (exact) mass is 160 g/mol. The minimum atomic E-state index is -0.713. The molecule has 0 saturated carbocycles. The normalized spacial score (nSPS) is 15.9. The van der Waals surface area contributed by atoms with E-state index in [1.54, 1.807) is 6.92 Å². The van der Waals surface area contributed by atoms with E-state index in [2.05, 4.69) is 0 Å². The molecule has 0 aliphatic heterocycles. The average Bonchev–Trinajstić information content (AvgIpc) is 2.05. The van der Waals surface area contributed by atoms with E-state index in [0.29, 0.717) is 13.2 Å². The molecule has 0 aromatic heterocycles. The number of hydrogen-bond donors (Lipinski definition) is 1. The summed E-state index contributed by atoms with van der Waals surface area (Å²) in [5, 5.41) is 8.77. The minimum Gasteiger partial charge on any atom is -0.395 e. The summed E-state index contributed by atoms with van der Waals surface area (Å²) in [4.78, 5) is 10.4. The quantitative estimate of drug-likeness (QED) is 0.457. The van der Waals surface area contributed by atoms with Crippen molar-refractivity contribution in [1.29, 1.82) is 0 Å². The zero-order valence-electron chi connectivity index (χ0n) is 7.17. The first-order valence-electron chi connectivity index (χ1n) is 3.83. The molecule has 0 rings (SSSR count). The summed E-state index contributed by atoms with van der Waals surface area (Å²) in [5.41, 5.74) is -0.713. The SMILES string of the molecule is CCCOCC(C)(C=O)CO. The fourth-order valence-corrected chi connectivity index (χ4v) is 0.567. The second kappa shape index (κ2) is 5.27. The number of ether oxygens (including phenoxy) is 1. The topological polar surface area (TPSA) is 46.5 Å². The first-order valence-corrected chi connectivity index (χ1v) is 3.83. The van der Waals surface area contributed by atoms with E-state index in [1.165, 1.54) is 0 Å². The fourth-order valence-electron chi connectivity index (χ4n) is 0.567. The molecule has 0 heterocycles. The van der Waals surface area contributed by atoms with Crippen molar-refractivity contribution < 1.29 is 14.6 Å². The zero-order valence-corrected chi connectivity index (χ0v) is 7.17. The van der Waals surface area contributed by atoms with Crippen LogP contribution in [0.2, 0.25) is 0 Å². The van der Waals surface area contributed by atoms with E-state index in [9.17, 15) is 4.79 Å². The van der Waals surface area contributed by atoms with Gasteiger partial charge < -0.3 is 14.6 Å². The van der Waals surface area contributed by atoms with Crippen LogP contribution in [0.25, 0.3) is 0 Å². The van der Waals surface area contributed by atoms with Crippen LogP contribution in [0.4, 0.5) is 0 Å². The fraction of sp³-hybridized carbons (Fsp3) is 0.875. The molecular weight excluding hydrogens is 144 g/mol. The van der Waals surface area contributed by atoms with Gasteiger partial charge in [-0.05, 0) is 13.3 Å². The Hall–Kier alpha value is -0.410. The third-order valence-electron chi connectivity index (χ3n) is 1.43. The van der Waals surface area contributed by atoms with Crippen LogP contribution >= 0.6 is 0 Å². The first kappa shape index (κ1) is 10.6. The van der Waals surface area contributed by atoms with Gasteiger partial charge >= 0.3 is 0 Å². The lowest BCUT2D eigenvalue weighted by atomic mass is 9.96. The van der Waals surface area contributed by atoms with Gasteiger partial charge in [-0.15, -0.1) is 0 Å². The third-order valence-corrected chi connectivity index (χ3v) is 1.43. The van der Waals surface area contributed by atoms with Crippen molar-refractivity contribution in [1.82, 2.24) is 0 Å². The molecule has 0 fully saturated rings. The van der Waals surface area contributed by atoms with Gasteiger partial charge in [-0.3, -0.25) is 0 Å². The van der Waals surface area contributed by atoms with E-state index in [1.807, 2.05) is 6.92 Å². The van der Waals surface area contributed by atoms with Gasteiger partial charge in [0.25, 0.3) is 0 Å². The molecule has 0 aromatic rings. The summed E-state index contributed by atoms with van der Waals surface area (Å²) in [6.07, 6.45) is 1.67. The maximum Gasteiger partial charge on any atom is 0.130 e. The average molecular weight is 160 g/mol. The molecule has 0 aliphatic carbocycles. The van der Waals surface area contributed by atoms with Crippen LogP contribution < -0.4 is 0 Å². The molecule has 66 valence electrons. The maximum absolute atomic E-state index is 10.4. The Morgan fingerprint density at radius 1 is 1.64 bits per heavy atom. The van der Waals surface area contributed by atoms with Crippen molar-refractivity contribution in [3.63, 3.8) is 0 Å². The van der Waals surface area contributed by atoms with E-state index < -0.39 is 5.41 Å². The summed E-state index contributed by atoms with van der Waals surface area (Å²) >= 11 is 0. The van der Waals surface area contributed by atoms with Crippen molar-refractivity contribution in [3.8, 4) is 0 Å². The van der Waals surface area contributed by atoms with Gasteiger partial charge in [-0.2, -0.15) is 0 Å². The Kier molecular flexibility index (Phi) is 5.07. The number of carbonyl (C=O) groups is 1. The highest BCUT2D eigenvalue weighted by atomic mass is 16.5. The van der Waals surface area contributed by atoms with Gasteiger partial charge in [0.05, 0.1) is 18.6 Å². The molecular formula is C8H16O3. The Morgan fingerprint density at radius 3 is 2.64 bits per heavy atom. The predicted octanol–water partition coefficient (Wildman–Crippen LogP) is 0.611. The van der Waals surface area contributed by atoms with Crippen molar-refractivity contribution >= 4 is 6.29 Å². The highest BCUT2D eigenvalue weighted by molar-refractivity contribution is 5.58. The summed E-state index contributed by atoms with van der Waals surface area (Å²) in [5.74, 6) is 0. The number of hydrogen-bond acceptors (Lipinski definition) is 3. The van der Waals surface area contributed by atoms with Crippen molar-refractivity contribution in [2.45, 2.75) is 20.3 Å². The molecule has 3 heteroatoms. The molecule has 3 nitrogen and oxygen atoms in total. The number of rotatable bonds is 6. The number of aldehydes is 1. The van der Waals surface area contributed by atoms with E-state index in [4.69, 9.17) is 9.84 Å². The first-order chi connectivity index (χ1) is 5.18. The van der Waals surface area contributed by atoms with Crippen LogP contribution in [0.3, 0.4) is 0 Å². The van der Waals surface area contributed by atoms with Gasteiger partial charge in [0.2, 0.25) is 0 Å². The van der Waals surface area contributed by atoms with E-state index >= 15 is 0 Å². The van der Waals surface area contributed by atoms with Crippen LogP contribution in [0.1, 0.15) is 20.3 Å². The maximum atomic E-state index is 10.4. The van der Waals surface area contributed by atoms with Gasteiger partial charge in [-0.1, -0.05) is 6.92 Å². The number of aliphatic hydroxyl groups is 1. The molecule has 1 N–H and O–H groups in total. The predicted molar refractivity (Wildman–Crippen MR) is 42.4 cm³/mol. The molecule has 11 heavy (non-hydrogen) atoms. The van der Waals surface area contributed by atoms with Crippen LogP contribution in [0.15, 0.2) is 0 Å². The van der Waals surface area contributed by atoms with Gasteiger partial charge in [0, 0.05) is 6.61 Å². The lowest BCUT2D eigenvalue weighted by molar-refractivity contribution is -0.121. The van der Waals surface area contributed by atoms with Gasteiger partial charge in [-0.25, -0.2) is 0 Å². The molecule has 1 atom stereocenters. The standard InChI is InChI=1S/C8H16O3/c1-3-4-11-7-8(2,5-9)6-10/h5,10H,3-4,6-7H2,1-2H3. The lowest BCUT2D eigenvalue weighted by Gasteiger charge is -2.19. The van der Waals surface area contributed by atoms with E-state index in [-0.39, 0.29) is 6.61 Å². The third kappa shape index (κ3) is 4.11. The Bertz CT molecular complexity index is 114. The Labute approximate surface area is 67.4 Å². The van der Waals surface area contributed by atoms with Crippen LogP contribution in [0.5, 0.6) is 0 Å². The van der Waals surface area contributed by atoms with Crippen molar-refractivity contribution in [3.05, 3.63) is 0 Å².